The van der Waals surface area contributed by atoms with Gasteiger partial charge in [-0.2, -0.15) is 10.3 Å². The number of nitrogens with zero attached hydrogens (tertiary/aromatic N) is 1. The Morgan fingerprint density at radius 3 is 2.44 bits per heavy atom. The van der Waals surface area contributed by atoms with Crippen LogP contribution in [-0.2, 0) is 20.7 Å². The zero-order chi connectivity index (χ0) is 25.5. The minimum absolute atomic E-state index is 0.0113. The van der Waals surface area contributed by atoms with Crippen molar-refractivity contribution in [3.8, 4) is 17.6 Å². The van der Waals surface area contributed by atoms with Crippen molar-refractivity contribution in [2.45, 2.75) is 19.6 Å². The fraction of sp³-hybridized carbons (Fsp3) is 0.111. The summed E-state index contributed by atoms with van der Waals surface area (Å²) >= 11 is 5.99. The molecule has 1 unspecified atom stereocenters. The van der Waals surface area contributed by atoms with Crippen LogP contribution in [0.1, 0.15) is 18.1 Å². The van der Waals surface area contributed by atoms with Gasteiger partial charge in [-0.3, -0.25) is 4.79 Å². The summed E-state index contributed by atoms with van der Waals surface area (Å²) < 4.78 is 31.0. The highest BCUT2D eigenvalue weighted by atomic mass is 35.5. The second-order valence-electron chi connectivity index (χ2n) is 7.85. The number of esters is 1. The number of benzene rings is 4. The molecule has 7 nitrogen and oxygen atoms in total. The van der Waals surface area contributed by atoms with Gasteiger partial charge in [0.15, 0.2) is 0 Å². The van der Waals surface area contributed by atoms with Crippen LogP contribution in [0.5, 0.6) is 11.5 Å². The molecule has 0 aliphatic carbocycles. The zero-order valence-electron chi connectivity index (χ0n) is 19.3. The van der Waals surface area contributed by atoms with Crippen LogP contribution in [0.25, 0.3) is 10.8 Å². The van der Waals surface area contributed by atoms with E-state index < -0.39 is 19.8 Å². The van der Waals surface area contributed by atoms with Gasteiger partial charge in [-0.25, -0.2) is 4.57 Å². The summed E-state index contributed by atoms with van der Waals surface area (Å²) in [5.74, 6) is -0.384. The SMILES string of the molecule is C[C@H](NP(=O)(Oc1ccc(Cl)cc1C#N)Oc1cccc2ccccc12)C(=O)OCc1ccccc1. The molecular weight excluding hydrogens is 499 g/mol. The highest BCUT2D eigenvalue weighted by Gasteiger charge is 2.35. The lowest BCUT2D eigenvalue weighted by atomic mass is 10.1. The van der Waals surface area contributed by atoms with E-state index >= 15 is 0 Å². The van der Waals surface area contributed by atoms with E-state index in [0.717, 1.165) is 10.9 Å². The summed E-state index contributed by atoms with van der Waals surface area (Å²) in [6.07, 6.45) is 0. The summed E-state index contributed by atoms with van der Waals surface area (Å²) in [5.41, 5.74) is 0.870. The van der Waals surface area contributed by atoms with Gasteiger partial charge in [0.25, 0.3) is 0 Å². The van der Waals surface area contributed by atoms with Crippen LogP contribution in [0.3, 0.4) is 0 Å². The molecule has 4 aromatic carbocycles. The summed E-state index contributed by atoms with van der Waals surface area (Å²) in [6, 6.07) is 27.1. The number of hydrogen-bond acceptors (Lipinski definition) is 6. The molecule has 9 heteroatoms. The summed E-state index contributed by atoms with van der Waals surface area (Å²) in [6.45, 7) is 1.54. The highest BCUT2D eigenvalue weighted by molar-refractivity contribution is 7.52. The molecule has 0 bridgehead atoms. The Morgan fingerprint density at radius 2 is 1.67 bits per heavy atom. The lowest BCUT2D eigenvalue weighted by molar-refractivity contribution is -0.146. The van der Waals surface area contributed by atoms with Gasteiger partial charge < -0.3 is 13.8 Å². The number of halogens is 1. The standard InChI is InChI=1S/C27H22ClN2O5P/c1-19(27(31)33-18-20-8-3-2-4-9-20)30-36(32,34-25-15-14-23(28)16-22(25)17-29)35-26-13-7-11-21-10-5-6-12-24(21)26/h2-16,19H,18H2,1H3,(H,30,32)/t19-,36?/m0/s1. The first-order chi connectivity index (χ1) is 17.4. The van der Waals surface area contributed by atoms with E-state index in [-0.39, 0.29) is 23.7 Å². The molecular formula is C27H22ClN2O5P. The lowest BCUT2D eigenvalue weighted by Gasteiger charge is -2.24. The van der Waals surface area contributed by atoms with E-state index in [4.69, 9.17) is 25.4 Å². The maximum atomic E-state index is 14.0. The van der Waals surface area contributed by atoms with Crippen molar-refractivity contribution >= 4 is 36.1 Å². The molecule has 0 amide bonds. The van der Waals surface area contributed by atoms with Crippen molar-refractivity contribution in [1.82, 2.24) is 5.09 Å². The fourth-order valence-electron chi connectivity index (χ4n) is 3.42. The first-order valence-electron chi connectivity index (χ1n) is 11.0. The van der Waals surface area contributed by atoms with Gasteiger partial charge in [0.05, 0.1) is 5.56 Å². The molecule has 0 fully saturated rings. The van der Waals surface area contributed by atoms with E-state index in [0.29, 0.717) is 10.4 Å². The van der Waals surface area contributed by atoms with Crippen molar-refractivity contribution in [3.63, 3.8) is 0 Å². The maximum absolute atomic E-state index is 14.0. The molecule has 0 saturated heterocycles. The number of nitrogens with one attached hydrogen (secondary N) is 1. The summed E-state index contributed by atoms with van der Waals surface area (Å²) in [5, 5.41) is 14.0. The van der Waals surface area contributed by atoms with Crippen molar-refractivity contribution < 1.29 is 23.1 Å². The van der Waals surface area contributed by atoms with Crippen LogP contribution in [0.4, 0.5) is 0 Å². The fourth-order valence-corrected chi connectivity index (χ4v) is 5.15. The van der Waals surface area contributed by atoms with Crippen LogP contribution in [0.15, 0.2) is 91.0 Å². The number of fused-ring (bicyclic) bond motifs is 1. The van der Waals surface area contributed by atoms with Gasteiger partial charge in [0.1, 0.15) is 30.2 Å². The number of ether oxygens (including phenoxy) is 1. The average molecular weight is 521 g/mol. The minimum Gasteiger partial charge on any atom is -0.460 e. The molecule has 0 radical (unpaired) electrons. The van der Waals surface area contributed by atoms with E-state index in [1.165, 1.54) is 25.1 Å². The largest absolute Gasteiger partial charge is 0.513 e. The Bertz CT molecular complexity index is 1470. The summed E-state index contributed by atoms with van der Waals surface area (Å²) in [7, 11) is -4.27. The Hall–Kier alpha value is -3.82. The smallest absolute Gasteiger partial charge is 0.460 e. The van der Waals surface area contributed by atoms with Crippen LogP contribution in [0.2, 0.25) is 5.02 Å². The Balaban J connectivity index is 1.61. The van der Waals surface area contributed by atoms with Gasteiger partial charge >= 0.3 is 13.7 Å². The van der Waals surface area contributed by atoms with Crippen LogP contribution in [0, 0.1) is 11.3 Å². The molecule has 4 aromatic rings. The molecule has 2 atom stereocenters. The third-order valence-electron chi connectivity index (χ3n) is 5.18. The first kappa shape index (κ1) is 25.3. The molecule has 4 rings (SSSR count). The predicted molar refractivity (Wildman–Crippen MR) is 138 cm³/mol. The predicted octanol–water partition coefficient (Wildman–Crippen LogP) is 6.65. The number of nitriles is 1. The normalized spacial score (nSPS) is 13.2. The average Bonchev–Trinajstić information content (AvgIpc) is 2.89. The van der Waals surface area contributed by atoms with Gasteiger partial charge in [-0.15, -0.1) is 0 Å². The van der Waals surface area contributed by atoms with Crippen molar-refractivity contribution in [3.05, 3.63) is 107 Å². The second-order valence-corrected chi connectivity index (χ2v) is 9.91. The van der Waals surface area contributed by atoms with Gasteiger partial charge in [-0.1, -0.05) is 78.3 Å². The van der Waals surface area contributed by atoms with E-state index in [1.807, 2.05) is 66.7 Å². The lowest BCUT2D eigenvalue weighted by Crippen LogP contribution is -2.35. The van der Waals surface area contributed by atoms with Crippen molar-refractivity contribution in [2.75, 3.05) is 0 Å². The monoisotopic (exact) mass is 520 g/mol. The van der Waals surface area contributed by atoms with Crippen LogP contribution < -0.4 is 14.1 Å². The Labute approximate surface area is 213 Å². The van der Waals surface area contributed by atoms with Gasteiger partial charge in [0, 0.05) is 10.4 Å². The third-order valence-corrected chi connectivity index (χ3v) is 6.99. The molecule has 1 N–H and O–H groups in total. The third kappa shape index (κ3) is 6.24. The molecule has 0 spiro atoms. The Kier molecular flexibility index (Phi) is 7.92. The highest BCUT2D eigenvalue weighted by Crippen LogP contribution is 2.48. The topological polar surface area (TPSA) is 97.6 Å². The number of rotatable bonds is 9. The van der Waals surface area contributed by atoms with Crippen LogP contribution >= 0.6 is 19.3 Å². The molecule has 0 saturated carbocycles. The van der Waals surface area contributed by atoms with E-state index in [2.05, 4.69) is 5.09 Å². The quantitative estimate of drug-likeness (QED) is 0.195. The molecule has 0 aliphatic heterocycles. The molecule has 0 heterocycles. The molecule has 0 aromatic heterocycles. The Morgan fingerprint density at radius 1 is 0.972 bits per heavy atom. The van der Waals surface area contributed by atoms with Gasteiger partial charge in [-0.05, 0) is 42.1 Å². The molecule has 0 aliphatic rings. The first-order valence-corrected chi connectivity index (χ1v) is 12.9. The van der Waals surface area contributed by atoms with E-state index in [9.17, 15) is 14.6 Å². The van der Waals surface area contributed by atoms with Gasteiger partial charge in [0.2, 0.25) is 0 Å². The zero-order valence-corrected chi connectivity index (χ0v) is 20.9. The number of carbonyl (C=O) groups excluding carboxylic acids is 1. The van der Waals surface area contributed by atoms with Crippen LogP contribution in [-0.4, -0.2) is 12.0 Å². The molecule has 36 heavy (non-hydrogen) atoms. The van der Waals surface area contributed by atoms with Crippen molar-refractivity contribution in [1.29, 1.82) is 5.26 Å². The number of hydrogen-bond donors (Lipinski definition) is 1. The maximum Gasteiger partial charge on any atom is 0.513 e. The summed E-state index contributed by atoms with van der Waals surface area (Å²) in [4.78, 5) is 12.7. The minimum atomic E-state index is -4.27. The second kappa shape index (κ2) is 11.3. The van der Waals surface area contributed by atoms with Crippen molar-refractivity contribution in [2.24, 2.45) is 0 Å². The van der Waals surface area contributed by atoms with E-state index in [1.54, 1.807) is 12.1 Å². The molecule has 182 valence electrons. The number of carbonyl (C=O) groups is 1.